The van der Waals surface area contributed by atoms with Crippen LogP contribution in [0.5, 0.6) is 0 Å². The van der Waals surface area contributed by atoms with Gasteiger partial charge in [0.2, 0.25) is 0 Å². The maximum absolute atomic E-state index is 15.2. The summed E-state index contributed by atoms with van der Waals surface area (Å²) in [6.45, 7) is 10.3. The van der Waals surface area contributed by atoms with Crippen molar-refractivity contribution >= 4 is 11.9 Å². The lowest BCUT2D eigenvalue weighted by Gasteiger charge is -2.57. The number of Topliss-reactive ketones (excluding diaryl/α,β-unsaturated/α-hetero) is 1. The third-order valence-corrected chi connectivity index (χ3v) is 8.50. The maximum Gasteiger partial charge on any atom is 0.251 e. The lowest BCUT2D eigenvalue weighted by molar-refractivity contribution is -0.207. The lowest BCUT2D eigenvalue weighted by atomic mass is 9.48. The van der Waals surface area contributed by atoms with Gasteiger partial charge in [-0.15, -0.1) is 0 Å². The summed E-state index contributed by atoms with van der Waals surface area (Å²) in [6, 6.07) is 11.5. The van der Waals surface area contributed by atoms with Crippen LogP contribution in [0.25, 0.3) is 17.2 Å². The van der Waals surface area contributed by atoms with E-state index in [1.165, 1.54) is 13.8 Å². The number of benzene rings is 1. The zero-order valence-corrected chi connectivity index (χ0v) is 21.9. The Balaban J connectivity index is 2.06. The van der Waals surface area contributed by atoms with E-state index in [-0.39, 0.29) is 11.7 Å². The molecule has 0 amide bonds. The molecule has 3 rings (SSSR count). The second-order valence-corrected chi connectivity index (χ2v) is 10.4. The summed E-state index contributed by atoms with van der Waals surface area (Å²) >= 11 is 0. The van der Waals surface area contributed by atoms with E-state index in [2.05, 4.69) is 11.1 Å². The number of carbonyl (C=O) groups excluding carboxylic acids is 1. The third-order valence-electron chi connectivity index (χ3n) is 8.50. The third kappa shape index (κ3) is 4.74. The van der Waals surface area contributed by atoms with Gasteiger partial charge in [-0.2, -0.15) is 5.26 Å². The van der Waals surface area contributed by atoms with E-state index in [4.69, 9.17) is 0 Å². The summed E-state index contributed by atoms with van der Waals surface area (Å²) in [4.78, 5) is 17.2. The first-order chi connectivity index (χ1) is 16.9. The Morgan fingerprint density at radius 1 is 1.31 bits per heavy atom. The van der Waals surface area contributed by atoms with Crippen molar-refractivity contribution in [2.24, 2.45) is 29.1 Å². The van der Waals surface area contributed by atoms with E-state index in [9.17, 15) is 15.2 Å². The molecule has 0 radical (unpaired) electrons. The molecule has 1 aromatic carbocycles. The molecule has 0 saturated heterocycles. The zero-order chi connectivity index (χ0) is 26.8. The molecule has 0 bridgehead atoms. The van der Waals surface area contributed by atoms with Crippen LogP contribution in [0.3, 0.4) is 0 Å². The predicted molar refractivity (Wildman–Crippen MR) is 138 cm³/mol. The van der Waals surface area contributed by atoms with Crippen molar-refractivity contribution in [2.45, 2.75) is 66.4 Å². The number of allylic oxidation sites excluding steroid dienone is 1. The van der Waals surface area contributed by atoms with Gasteiger partial charge in [0.25, 0.3) is 5.92 Å². The van der Waals surface area contributed by atoms with Crippen LogP contribution in [0.1, 0.15) is 64.3 Å². The summed E-state index contributed by atoms with van der Waals surface area (Å²) in [5.74, 6) is -6.23. The Kier molecular flexibility index (Phi) is 8.15. The lowest BCUT2D eigenvalue weighted by Crippen LogP contribution is -2.61. The number of hydrogen-bond acceptors (Lipinski definition) is 4. The highest BCUT2D eigenvalue weighted by Gasteiger charge is 2.63. The molecular weight excluding hydrogens is 458 g/mol. The highest BCUT2D eigenvalue weighted by molar-refractivity contribution is 5.80. The number of ketones is 1. The fraction of sp³-hybridized carbons (Fsp3) is 0.500. The minimum absolute atomic E-state index is 0.152. The monoisotopic (exact) mass is 494 g/mol. The van der Waals surface area contributed by atoms with Crippen molar-refractivity contribution in [3.8, 4) is 17.2 Å². The van der Waals surface area contributed by atoms with E-state index in [1.54, 1.807) is 31.3 Å². The number of aromatic nitrogens is 1. The topological polar surface area (TPSA) is 74.0 Å². The number of aliphatic hydroxyl groups excluding tert-OH is 1. The average molecular weight is 495 g/mol. The van der Waals surface area contributed by atoms with E-state index < -0.39 is 41.6 Å². The van der Waals surface area contributed by atoms with Crippen LogP contribution in [0.2, 0.25) is 0 Å². The van der Waals surface area contributed by atoms with E-state index in [0.29, 0.717) is 17.7 Å². The Morgan fingerprint density at radius 3 is 2.53 bits per heavy atom. The van der Waals surface area contributed by atoms with Gasteiger partial charge in [-0.05, 0) is 50.3 Å². The molecule has 36 heavy (non-hydrogen) atoms. The fourth-order valence-corrected chi connectivity index (χ4v) is 6.32. The molecule has 0 aliphatic heterocycles. The number of aryl methyl sites for hydroxylation is 1. The van der Waals surface area contributed by atoms with Gasteiger partial charge in [-0.25, -0.2) is 8.78 Å². The molecule has 4 nitrogen and oxygen atoms in total. The van der Waals surface area contributed by atoms with Crippen molar-refractivity contribution in [3.63, 3.8) is 0 Å². The minimum atomic E-state index is -3.03. The van der Waals surface area contributed by atoms with Gasteiger partial charge in [0.05, 0.1) is 17.4 Å². The standard InChI is InChI=1S/C30H36F2N2O2/c1-7-19(3)30(22(6)36)27(20(4)29(31,32)15-28(30)21(5)35)14-13-24-12-11-23(17-34-24)25-10-8-9-18(2)26(25)16-33/h8-14,17,19-20,22,27-28,36H,7,15H2,1-6H3. The smallest absolute Gasteiger partial charge is 0.251 e. The molecule has 1 aliphatic rings. The average Bonchev–Trinajstić information content (AvgIpc) is 2.84. The van der Waals surface area contributed by atoms with Crippen LogP contribution in [-0.2, 0) is 4.79 Å². The van der Waals surface area contributed by atoms with Crippen molar-refractivity contribution in [3.05, 3.63) is 59.4 Å². The van der Waals surface area contributed by atoms with Crippen LogP contribution in [0.15, 0.2) is 42.6 Å². The Bertz CT molecular complexity index is 1170. The fourth-order valence-electron chi connectivity index (χ4n) is 6.32. The number of hydrogen-bond donors (Lipinski definition) is 1. The first-order valence-corrected chi connectivity index (χ1v) is 12.6. The van der Waals surface area contributed by atoms with E-state index in [0.717, 1.165) is 16.7 Å². The van der Waals surface area contributed by atoms with Gasteiger partial charge < -0.3 is 5.11 Å². The first kappa shape index (κ1) is 27.7. The number of halogens is 2. The number of carbonyl (C=O) groups is 1. The molecule has 6 atom stereocenters. The molecule has 2 aromatic rings. The summed E-state index contributed by atoms with van der Waals surface area (Å²) in [5, 5.41) is 20.6. The molecule has 0 spiro atoms. The number of pyridine rings is 1. The second kappa shape index (κ2) is 10.6. The molecule has 1 aliphatic carbocycles. The molecule has 1 aromatic heterocycles. The van der Waals surface area contributed by atoms with Crippen LogP contribution in [-0.4, -0.2) is 27.9 Å². The molecule has 6 unspecified atom stereocenters. The van der Waals surface area contributed by atoms with Crippen molar-refractivity contribution in [1.29, 1.82) is 5.26 Å². The SMILES string of the molecule is CCC(C)C1(C(C)O)C(C(C)=O)CC(F)(F)C(C)C1C=Cc1ccc(-c2cccc(C)c2C#N)cn1. The van der Waals surface area contributed by atoms with Gasteiger partial charge >= 0.3 is 0 Å². The quantitative estimate of drug-likeness (QED) is 0.457. The molecular formula is C30H36F2N2O2. The van der Waals surface area contributed by atoms with Crippen molar-refractivity contribution in [2.75, 3.05) is 0 Å². The van der Waals surface area contributed by atoms with E-state index >= 15 is 8.78 Å². The number of nitriles is 1. The number of nitrogens with zero attached hydrogens (tertiary/aromatic N) is 2. The van der Waals surface area contributed by atoms with Crippen molar-refractivity contribution in [1.82, 2.24) is 4.98 Å². The van der Waals surface area contributed by atoms with Crippen LogP contribution < -0.4 is 0 Å². The second-order valence-electron chi connectivity index (χ2n) is 10.4. The zero-order valence-electron chi connectivity index (χ0n) is 21.9. The summed E-state index contributed by atoms with van der Waals surface area (Å²) in [7, 11) is 0. The molecule has 192 valence electrons. The van der Waals surface area contributed by atoms with Crippen LogP contribution in [0.4, 0.5) is 8.78 Å². The summed E-state index contributed by atoms with van der Waals surface area (Å²) in [5.41, 5.74) is 2.61. The van der Waals surface area contributed by atoms with Gasteiger partial charge in [-0.3, -0.25) is 9.78 Å². The van der Waals surface area contributed by atoms with Gasteiger partial charge in [0.15, 0.2) is 0 Å². The highest BCUT2D eigenvalue weighted by Crippen LogP contribution is 2.60. The number of aliphatic hydroxyl groups is 1. The Labute approximate surface area is 213 Å². The van der Waals surface area contributed by atoms with Crippen molar-refractivity contribution < 1.29 is 18.7 Å². The highest BCUT2D eigenvalue weighted by atomic mass is 19.3. The number of rotatable bonds is 7. The van der Waals surface area contributed by atoms with Gasteiger partial charge in [0.1, 0.15) is 11.9 Å². The molecule has 1 fully saturated rings. The largest absolute Gasteiger partial charge is 0.393 e. The Morgan fingerprint density at radius 2 is 2.00 bits per heavy atom. The first-order valence-electron chi connectivity index (χ1n) is 12.6. The molecule has 6 heteroatoms. The van der Waals surface area contributed by atoms with E-state index in [1.807, 2.05) is 45.0 Å². The summed E-state index contributed by atoms with van der Waals surface area (Å²) < 4.78 is 30.4. The number of alkyl halides is 2. The summed E-state index contributed by atoms with van der Waals surface area (Å²) in [6.07, 6.45) is 4.27. The maximum atomic E-state index is 15.2. The molecule has 1 saturated carbocycles. The van der Waals surface area contributed by atoms with Crippen LogP contribution >= 0.6 is 0 Å². The molecule has 1 N–H and O–H groups in total. The molecule has 1 heterocycles. The minimum Gasteiger partial charge on any atom is -0.393 e. The van der Waals surface area contributed by atoms with Gasteiger partial charge in [-0.1, -0.05) is 57.5 Å². The van der Waals surface area contributed by atoms with Gasteiger partial charge in [0, 0.05) is 41.0 Å². The van der Waals surface area contributed by atoms with Crippen LogP contribution in [0, 0.1) is 47.3 Å². The predicted octanol–water partition coefficient (Wildman–Crippen LogP) is 6.85. The Hall–Kier alpha value is -2.91. The normalized spacial score (nSPS) is 27.4.